The van der Waals surface area contributed by atoms with E-state index in [9.17, 15) is 13.2 Å². The first-order valence-electron chi connectivity index (χ1n) is 11.5. The number of thiophene rings is 1. The standard InChI is InChI=1S/C24H24N6O4S2/c1-15-19-21(27-14-28-22(19)35-20(15)23(31)34-17-6-3-2-4-7-17)29-16-8-10-18(11-9-16)36(32,33)30-24-25-12-5-13-26-24/h5,8-14,17H,2-4,6-7H2,1H3,(H,25,26,30)(H,27,28,29). The average Bonchev–Trinajstić information content (AvgIpc) is 3.23. The van der Waals surface area contributed by atoms with Crippen molar-refractivity contribution in [3.8, 4) is 0 Å². The first-order valence-corrected chi connectivity index (χ1v) is 13.8. The summed E-state index contributed by atoms with van der Waals surface area (Å²) in [6, 6.07) is 7.81. The van der Waals surface area contributed by atoms with E-state index in [4.69, 9.17) is 4.74 Å². The molecule has 4 aromatic rings. The van der Waals surface area contributed by atoms with Crippen LogP contribution in [0.3, 0.4) is 0 Å². The van der Waals surface area contributed by atoms with Gasteiger partial charge in [0.15, 0.2) is 0 Å². The molecular formula is C24H24N6O4S2. The minimum Gasteiger partial charge on any atom is -0.458 e. The fourth-order valence-corrected chi connectivity index (χ4v) is 6.12. The molecule has 36 heavy (non-hydrogen) atoms. The van der Waals surface area contributed by atoms with Crippen LogP contribution in [0.5, 0.6) is 0 Å². The van der Waals surface area contributed by atoms with E-state index in [1.54, 1.807) is 18.2 Å². The number of fused-ring (bicyclic) bond motifs is 1. The third kappa shape index (κ3) is 5.14. The van der Waals surface area contributed by atoms with Crippen molar-refractivity contribution in [1.82, 2.24) is 19.9 Å². The van der Waals surface area contributed by atoms with Gasteiger partial charge in [0.05, 0.1) is 10.3 Å². The summed E-state index contributed by atoms with van der Waals surface area (Å²) in [5.41, 5.74) is 1.38. The average molecular weight is 525 g/mol. The van der Waals surface area contributed by atoms with E-state index < -0.39 is 10.0 Å². The van der Waals surface area contributed by atoms with Gasteiger partial charge in [0.2, 0.25) is 5.95 Å². The SMILES string of the molecule is Cc1c(C(=O)OC2CCCCC2)sc2ncnc(Nc3ccc(S(=O)(=O)Nc4ncccn4)cc3)c12. The van der Waals surface area contributed by atoms with Gasteiger partial charge in [-0.1, -0.05) is 6.42 Å². The zero-order chi connectivity index (χ0) is 25.1. The van der Waals surface area contributed by atoms with E-state index in [1.807, 2.05) is 6.92 Å². The van der Waals surface area contributed by atoms with Gasteiger partial charge < -0.3 is 10.1 Å². The molecule has 0 saturated heterocycles. The molecule has 0 spiro atoms. The fraction of sp³-hybridized carbons (Fsp3) is 0.292. The molecule has 10 nitrogen and oxygen atoms in total. The quantitative estimate of drug-likeness (QED) is 0.326. The number of carbonyl (C=O) groups excluding carboxylic acids is 1. The van der Waals surface area contributed by atoms with Crippen LogP contribution < -0.4 is 10.0 Å². The molecule has 1 aliphatic rings. The Morgan fingerprint density at radius 3 is 2.47 bits per heavy atom. The molecule has 1 aliphatic carbocycles. The van der Waals surface area contributed by atoms with Crippen LogP contribution in [0.1, 0.15) is 47.3 Å². The molecule has 2 N–H and O–H groups in total. The number of anilines is 3. The van der Waals surface area contributed by atoms with Gasteiger partial charge in [0.25, 0.3) is 10.0 Å². The van der Waals surface area contributed by atoms with E-state index >= 15 is 0 Å². The van der Waals surface area contributed by atoms with E-state index in [0.29, 0.717) is 21.2 Å². The molecule has 1 aromatic carbocycles. The summed E-state index contributed by atoms with van der Waals surface area (Å²) in [5.74, 6) is 0.198. The number of aryl methyl sites for hydroxylation is 1. The number of ether oxygens (including phenoxy) is 1. The van der Waals surface area contributed by atoms with Crippen molar-refractivity contribution in [2.75, 3.05) is 10.0 Å². The number of hydrogen-bond donors (Lipinski definition) is 2. The Morgan fingerprint density at radius 2 is 1.75 bits per heavy atom. The maximum atomic E-state index is 12.9. The Morgan fingerprint density at radius 1 is 1.03 bits per heavy atom. The lowest BCUT2D eigenvalue weighted by Gasteiger charge is -2.21. The van der Waals surface area contributed by atoms with Crippen molar-refractivity contribution in [2.24, 2.45) is 0 Å². The highest BCUT2D eigenvalue weighted by Crippen LogP contribution is 2.35. The van der Waals surface area contributed by atoms with Crippen molar-refractivity contribution >= 4 is 55.0 Å². The van der Waals surface area contributed by atoms with Gasteiger partial charge in [0.1, 0.15) is 28.0 Å². The summed E-state index contributed by atoms with van der Waals surface area (Å²) in [6.45, 7) is 1.86. The number of aromatic nitrogens is 4. The topological polar surface area (TPSA) is 136 Å². The van der Waals surface area contributed by atoms with E-state index in [2.05, 4.69) is 30.0 Å². The smallest absolute Gasteiger partial charge is 0.348 e. The Hall–Kier alpha value is -3.64. The van der Waals surface area contributed by atoms with Crippen LogP contribution in [0.25, 0.3) is 10.2 Å². The molecule has 0 amide bonds. The van der Waals surface area contributed by atoms with Crippen LogP contribution in [-0.2, 0) is 14.8 Å². The lowest BCUT2D eigenvalue weighted by atomic mass is 9.98. The molecule has 0 unspecified atom stereocenters. The van der Waals surface area contributed by atoms with Crippen LogP contribution in [0.2, 0.25) is 0 Å². The number of nitrogens with zero attached hydrogens (tertiary/aromatic N) is 4. The molecule has 0 radical (unpaired) electrons. The number of hydrogen-bond acceptors (Lipinski definition) is 10. The van der Waals surface area contributed by atoms with Crippen molar-refractivity contribution in [3.05, 3.63) is 59.5 Å². The number of carbonyl (C=O) groups is 1. The van der Waals surface area contributed by atoms with Gasteiger partial charge in [-0.3, -0.25) is 0 Å². The Balaban J connectivity index is 1.35. The zero-order valence-corrected chi connectivity index (χ0v) is 21.1. The summed E-state index contributed by atoms with van der Waals surface area (Å²) in [5, 5.41) is 3.95. The summed E-state index contributed by atoms with van der Waals surface area (Å²) in [7, 11) is -3.84. The number of benzene rings is 1. The second-order valence-electron chi connectivity index (χ2n) is 8.45. The number of nitrogens with one attached hydrogen (secondary N) is 2. The number of rotatable bonds is 7. The van der Waals surface area contributed by atoms with Gasteiger partial charge in [-0.25, -0.2) is 37.9 Å². The predicted molar refractivity (Wildman–Crippen MR) is 137 cm³/mol. The van der Waals surface area contributed by atoms with Crippen LogP contribution >= 0.6 is 11.3 Å². The zero-order valence-electron chi connectivity index (χ0n) is 19.5. The van der Waals surface area contributed by atoms with Crippen molar-refractivity contribution in [2.45, 2.75) is 50.0 Å². The van der Waals surface area contributed by atoms with E-state index in [-0.39, 0.29) is 22.9 Å². The molecule has 1 saturated carbocycles. The monoisotopic (exact) mass is 524 g/mol. The normalized spacial score (nSPS) is 14.5. The molecule has 5 rings (SSSR count). The molecular weight excluding hydrogens is 500 g/mol. The third-order valence-corrected chi connectivity index (χ3v) is 8.48. The summed E-state index contributed by atoms with van der Waals surface area (Å²) >= 11 is 1.29. The summed E-state index contributed by atoms with van der Waals surface area (Å²) in [4.78, 5) is 30.6. The number of sulfonamides is 1. The van der Waals surface area contributed by atoms with Gasteiger partial charge in [-0.05, 0) is 68.5 Å². The van der Waals surface area contributed by atoms with Crippen molar-refractivity contribution in [1.29, 1.82) is 0 Å². The second kappa shape index (κ2) is 10.2. The highest BCUT2D eigenvalue weighted by atomic mass is 32.2. The van der Waals surface area contributed by atoms with Crippen molar-refractivity contribution in [3.63, 3.8) is 0 Å². The molecule has 3 heterocycles. The molecule has 186 valence electrons. The minimum absolute atomic E-state index is 0.00571. The minimum atomic E-state index is -3.84. The van der Waals surface area contributed by atoms with Crippen LogP contribution in [0.4, 0.5) is 17.5 Å². The second-order valence-corrected chi connectivity index (χ2v) is 11.1. The number of esters is 1. The first-order chi connectivity index (χ1) is 17.4. The first kappa shape index (κ1) is 24.1. The largest absolute Gasteiger partial charge is 0.458 e. The van der Waals surface area contributed by atoms with E-state index in [0.717, 1.165) is 36.6 Å². The van der Waals surface area contributed by atoms with Crippen LogP contribution in [-0.4, -0.2) is 40.4 Å². The molecule has 12 heteroatoms. The van der Waals surface area contributed by atoms with Crippen LogP contribution in [0.15, 0.2) is 53.9 Å². The predicted octanol–water partition coefficient (Wildman–Crippen LogP) is 4.82. The summed E-state index contributed by atoms with van der Waals surface area (Å²) in [6.07, 6.45) is 9.46. The Labute approximate surface area is 212 Å². The van der Waals surface area contributed by atoms with Gasteiger partial charge in [-0.2, -0.15) is 0 Å². The van der Waals surface area contributed by atoms with Crippen molar-refractivity contribution < 1.29 is 17.9 Å². The Bertz CT molecular complexity index is 1480. The maximum absolute atomic E-state index is 12.9. The third-order valence-electron chi connectivity index (χ3n) is 5.96. The van der Waals surface area contributed by atoms with Gasteiger partial charge in [0, 0.05) is 18.1 Å². The molecule has 1 fully saturated rings. The van der Waals surface area contributed by atoms with Crippen LogP contribution in [0, 0.1) is 6.92 Å². The van der Waals surface area contributed by atoms with E-state index in [1.165, 1.54) is 48.6 Å². The van der Waals surface area contributed by atoms with Gasteiger partial charge >= 0.3 is 5.97 Å². The molecule has 0 aliphatic heterocycles. The van der Waals surface area contributed by atoms with Gasteiger partial charge in [-0.15, -0.1) is 11.3 Å². The lowest BCUT2D eigenvalue weighted by molar-refractivity contribution is 0.0216. The molecule has 3 aromatic heterocycles. The fourth-order valence-electron chi connectivity index (χ4n) is 4.13. The highest BCUT2D eigenvalue weighted by molar-refractivity contribution is 7.92. The highest BCUT2D eigenvalue weighted by Gasteiger charge is 2.24. The molecule has 0 atom stereocenters. The lowest BCUT2D eigenvalue weighted by Crippen LogP contribution is -2.20. The summed E-state index contributed by atoms with van der Waals surface area (Å²) < 4.78 is 33.4. The maximum Gasteiger partial charge on any atom is 0.348 e. The molecule has 0 bridgehead atoms. The Kier molecular flexibility index (Phi) is 6.79.